The van der Waals surface area contributed by atoms with Crippen LogP contribution in [-0.2, 0) is 4.79 Å². The summed E-state index contributed by atoms with van der Waals surface area (Å²) in [5.74, 6) is 0.841. The second-order valence-corrected chi connectivity index (χ2v) is 7.10. The van der Waals surface area contributed by atoms with Crippen LogP contribution < -0.4 is 19.5 Å². The van der Waals surface area contributed by atoms with Crippen molar-refractivity contribution in [3.63, 3.8) is 0 Å². The van der Waals surface area contributed by atoms with E-state index in [-0.39, 0.29) is 30.0 Å². The van der Waals surface area contributed by atoms with Crippen LogP contribution in [0.3, 0.4) is 0 Å². The fourth-order valence-corrected chi connectivity index (χ4v) is 3.21. The summed E-state index contributed by atoms with van der Waals surface area (Å²) >= 11 is 0. The molecule has 1 aliphatic heterocycles. The highest BCUT2D eigenvalue weighted by Crippen LogP contribution is 2.39. The van der Waals surface area contributed by atoms with E-state index in [1.165, 1.54) is 25.3 Å². The van der Waals surface area contributed by atoms with Crippen LogP contribution in [0.15, 0.2) is 42.5 Å². The number of carbonyl (C=O) groups excluding carboxylic acids is 1. The maximum atomic E-state index is 12.4. The van der Waals surface area contributed by atoms with E-state index in [0.717, 1.165) is 11.3 Å². The molecule has 1 amide bonds. The number of nitro benzene ring substituents is 1. The SMILES string of the molecule is COc1cc(OCC(=O)N[C@@H]2CC(C)(C)Oc3ccccc32)ccc1[N+](=O)[O-]. The standard InChI is InChI=1S/C20H22N2O6/c1-20(2)11-15(14-6-4-5-7-17(14)28-20)21-19(23)12-27-13-8-9-16(22(24)25)18(10-13)26-3/h4-10,15H,11-12H2,1-3H3,(H,21,23)/t15-/m1/s1. The van der Waals surface area contributed by atoms with Gasteiger partial charge in [0.05, 0.1) is 18.1 Å². The molecule has 1 heterocycles. The number of hydrogen-bond donors (Lipinski definition) is 1. The summed E-state index contributed by atoms with van der Waals surface area (Å²) in [7, 11) is 1.34. The number of rotatable bonds is 6. The van der Waals surface area contributed by atoms with Crippen LogP contribution in [0.2, 0.25) is 0 Å². The Morgan fingerprint density at radius 1 is 1.32 bits per heavy atom. The van der Waals surface area contributed by atoms with Gasteiger partial charge in [-0.2, -0.15) is 0 Å². The highest BCUT2D eigenvalue weighted by atomic mass is 16.6. The van der Waals surface area contributed by atoms with E-state index in [9.17, 15) is 14.9 Å². The van der Waals surface area contributed by atoms with Crippen LogP contribution in [0.1, 0.15) is 31.9 Å². The van der Waals surface area contributed by atoms with Gasteiger partial charge < -0.3 is 19.5 Å². The van der Waals surface area contributed by atoms with E-state index in [1.807, 2.05) is 38.1 Å². The Balaban J connectivity index is 1.66. The van der Waals surface area contributed by atoms with Gasteiger partial charge >= 0.3 is 5.69 Å². The number of methoxy groups -OCH3 is 1. The fourth-order valence-electron chi connectivity index (χ4n) is 3.21. The Kier molecular flexibility index (Phi) is 5.39. The first kappa shape index (κ1) is 19.5. The Labute approximate surface area is 162 Å². The van der Waals surface area contributed by atoms with Gasteiger partial charge in [0.15, 0.2) is 6.61 Å². The van der Waals surface area contributed by atoms with Gasteiger partial charge in [-0.25, -0.2) is 0 Å². The Hall–Kier alpha value is -3.29. The van der Waals surface area contributed by atoms with Gasteiger partial charge in [-0.05, 0) is 26.0 Å². The minimum atomic E-state index is -0.542. The third-order valence-electron chi connectivity index (χ3n) is 4.43. The minimum absolute atomic E-state index is 0.0722. The molecule has 0 aromatic heterocycles. The molecule has 28 heavy (non-hydrogen) atoms. The molecule has 0 spiro atoms. The molecule has 8 nitrogen and oxygen atoms in total. The molecule has 0 saturated heterocycles. The van der Waals surface area contributed by atoms with Gasteiger partial charge in [-0.3, -0.25) is 14.9 Å². The quantitative estimate of drug-likeness (QED) is 0.603. The van der Waals surface area contributed by atoms with Crippen LogP contribution in [0.25, 0.3) is 0 Å². The summed E-state index contributed by atoms with van der Waals surface area (Å²) in [6.07, 6.45) is 0.626. The predicted octanol–water partition coefficient (Wildman–Crippen LogP) is 3.40. The van der Waals surface area contributed by atoms with Crippen molar-refractivity contribution in [1.82, 2.24) is 5.32 Å². The highest BCUT2D eigenvalue weighted by molar-refractivity contribution is 5.78. The van der Waals surface area contributed by atoms with E-state index in [0.29, 0.717) is 12.2 Å². The van der Waals surface area contributed by atoms with Crippen molar-refractivity contribution in [3.05, 3.63) is 58.1 Å². The highest BCUT2D eigenvalue weighted by Gasteiger charge is 2.34. The second-order valence-electron chi connectivity index (χ2n) is 7.10. The Morgan fingerprint density at radius 2 is 2.07 bits per heavy atom. The summed E-state index contributed by atoms with van der Waals surface area (Å²) in [6, 6.07) is 11.5. The number of benzene rings is 2. The summed E-state index contributed by atoms with van der Waals surface area (Å²) in [5.41, 5.74) is 0.353. The van der Waals surface area contributed by atoms with Gasteiger partial charge in [0.25, 0.3) is 5.91 Å². The maximum Gasteiger partial charge on any atom is 0.311 e. The number of nitro groups is 1. The predicted molar refractivity (Wildman–Crippen MR) is 102 cm³/mol. The smallest absolute Gasteiger partial charge is 0.311 e. The van der Waals surface area contributed by atoms with Crippen molar-refractivity contribution < 1.29 is 23.9 Å². The van der Waals surface area contributed by atoms with Crippen LogP contribution in [0.4, 0.5) is 5.69 Å². The Bertz CT molecular complexity index is 896. The minimum Gasteiger partial charge on any atom is -0.490 e. The topological polar surface area (TPSA) is 99.9 Å². The lowest BCUT2D eigenvalue weighted by Gasteiger charge is -2.37. The Morgan fingerprint density at radius 3 is 2.79 bits per heavy atom. The molecule has 1 aliphatic rings. The lowest BCUT2D eigenvalue weighted by molar-refractivity contribution is -0.385. The number of ether oxygens (including phenoxy) is 3. The monoisotopic (exact) mass is 386 g/mol. The lowest BCUT2D eigenvalue weighted by Crippen LogP contribution is -2.42. The van der Waals surface area contributed by atoms with Crippen LogP contribution in [0.5, 0.6) is 17.2 Å². The zero-order valence-corrected chi connectivity index (χ0v) is 15.9. The van der Waals surface area contributed by atoms with E-state index in [2.05, 4.69) is 5.32 Å². The summed E-state index contributed by atoms with van der Waals surface area (Å²) in [4.78, 5) is 22.8. The lowest BCUT2D eigenvalue weighted by atomic mass is 9.90. The summed E-state index contributed by atoms with van der Waals surface area (Å²) < 4.78 is 16.4. The van der Waals surface area contributed by atoms with E-state index >= 15 is 0 Å². The molecule has 1 N–H and O–H groups in total. The maximum absolute atomic E-state index is 12.4. The number of fused-ring (bicyclic) bond motifs is 1. The average Bonchev–Trinajstić information content (AvgIpc) is 2.65. The number of nitrogens with one attached hydrogen (secondary N) is 1. The zero-order valence-electron chi connectivity index (χ0n) is 15.9. The zero-order chi connectivity index (χ0) is 20.3. The first-order chi connectivity index (χ1) is 13.3. The molecule has 0 bridgehead atoms. The third-order valence-corrected chi connectivity index (χ3v) is 4.43. The molecular weight excluding hydrogens is 364 g/mol. The number of amides is 1. The number of nitrogens with zero attached hydrogens (tertiary/aromatic N) is 1. The average molecular weight is 386 g/mol. The number of carbonyl (C=O) groups is 1. The molecule has 0 fully saturated rings. The van der Waals surface area contributed by atoms with Crippen molar-refractivity contribution in [2.45, 2.75) is 31.9 Å². The van der Waals surface area contributed by atoms with Crippen LogP contribution in [0, 0.1) is 10.1 Å². The molecule has 2 aromatic carbocycles. The molecule has 0 aliphatic carbocycles. The van der Waals surface area contributed by atoms with Crippen molar-refractivity contribution in [2.75, 3.05) is 13.7 Å². The molecular formula is C20H22N2O6. The number of para-hydroxylation sites is 1. The molecule has 1 atom stereocenters. The first-order valence-electron chi connectivity index (χ1n) is 8.81. The van der Waals surface area contributed by atoms with Crippen LogP contribution >= 0.6 is 0 Å². The molecule has 3 rings (SSSR count). The van der Waals surface area contributed by atoms with Crippen molar-refractivity contribution in [3.8, 4) is 17.2 Å². The van der Waals surface area contributed by atoms with Gasteiger partial charge in [0, 0.05) is 24.1 Å². The van der Waals surface area contributed by atoms with Crippen molar-refractivity contribution in [1.29, 1.82) is 0 Å². The molecule has 2 aromatic rings. The molecule has 0 unspecified atom stereocenters. The first-order valence-corrected chi connectivity index (χ1v) is 8.81. The fraction of sp³-hybridized carbons (Fsp3) is 0.350. The second kappa shape index (κ2) is 7.75. The van der Waals surface area contributed by atoms with Crippen molar-refractivity contribution in [2.24, 2.45) is 0 Å². The number of hydrogen-bond acceptors (Lipinski definition) is 6. The van der Waals surface area contributed by atoms with Gasteiger partial charge in [-0.15, -0.1) is 0 Å². The molecule has 0 saturated carbocycles. The van der Waals surface area contributed by atoms with E-state index < -0.39 is 10.5 Å². The van der Waals surface area contributed by atoms with Crippen molar-refractivity contribution >= 4 is 11.6 Å². The van der Waals surface area contributed by atoms with Crippen LogP contribution in [-0.4, -0.2) is 30.1 Å². The van der Waals surface area contributed by atoms with Gasteiger partial charge in [-0.1, -0.05) is 18.2 Å². The van der Waals surface area contributed by atoms with Gasteiger partial charge in [0.1, 0.15) is 17.1 Å². The normalized spacial score (nSPS) is 17.0. The summed E-state index contributed by atoms with van der Waals surface area (Å²) in [6.45, 7) is 3.73. The van der Waals surface area contributed by atoms with E-state index in [1.54, 1.807) is 0 Å². The largest absolute Gasteiger partial charge is 0.490 e. The van der Waals surface area contributed by atoms with E-state index in [4.69, 9.17) is 14.2 Å². The summed E-state index contributed by atoms with van der Waals surface area (Å²) in [5, 5.41) is 13.9. The molecule has 0 radical (unpaired) electrons. The third kappa shape index (κ3) is 4.33. The molecule has 8 heteroatoms. The molecule has 148 valence electrons. The van der Waals surface area contributed by atoms with Gasteiger partial charge in [0.2, 0.25) is 5.75 Å².